The summed E-state index contributed by atoms with van der Waals surface area (Å²) in [6.45, 7) is 0.645. The average Bonchev–Trinajstić information content (AvgIpc) is 3.57. The molecular formula is C30H34N8O3. The normalized spacial score (nSPS) is 17.4. The van der Waals surface area contributed by atoms with Crippen LogP contribution in [-0.2, 0) is 16.0 Å². The highest BCUT2D eigenvalue weighted by molar-refractivity contribution is 5.97. The van der Waals surface area contributed by atoms with Gasteiger partial charge in [0.1, 0.15) is 11.8 Å². The van der Waals surface area contributed by atoms with E-state index in [1.165, 1.54) is 0 Å². The van der Waals surface area contributed by atoms with Gasteiger partial charge in [0, 0.05) is 35.3 Å². The summed E-state index contributed by atoms with van der Waals surface area (Å²) < 4.78 is 5.44. The topological polar surface area (TPSA) is 161 Å². The molecule has 4 aromatic rings. The smallest absolute Gasteiger partial charge is 0.247 e. The predicted molar refractivity (Wildman–Crippen MR) is 155 cm³/mol. The number of pyridine rings is 1. The quantitative estimate of drug-likeness (QED) is 0.232. The number of amides is 2. The Bertz CT molecular complexity index is 1430. The molecule has 0 saturated heterocycles. The minimum Gasteiger partial charge on any atom is -0.494 e. The summed E-state index contributed by atoms with van der Waals surface area (Å²) in [5, 5.41) is 20.0. The van der Waals surface area contributed by atoms with E-state index in [4.69, 9.17) is 10.5 Å². The van der Waals surface area contributed by atoms with Crippen LogP contribution in [0.25, 0.3) is 22.5 Å². The van der Waals surface area contributed by atoms with Crippen LogP contribution in [0.1, 0.15) is 31.2 Å². The third kappa shape index (κ3) is 6.93. The van der Waals surface area contributed by atoms with Gasteiger partial charge in [-0.3, -0.25) is 14.6 Å². The Morgan fingerprint density at radius 1 is 1.02 bits per heavy atom. The average molecular weight is 555 g/mol. The minimum atomic E-state index is -0.757. The van der Waals surface area contributed by atoms with Crippen molar-refractivity contribution in [3.63, 3.8) is 0 Å². The van der Waals surface area contributed by atoms with Crippen LogP contribution in [0.4, 0.5) is 5.69 Å². The number of carbonyl (C=O) groups is 2. The molecule has 5 N–H and O–H groups in total. The van der Waals surface area contributed by atoms with E-state index in [0.717, 1.165) is 47.9 Å². The van der Waals surface area contributed by atoms with Crippen molar-refractivity contribution in [2.24, 2.45) is 17.6 Å². The molecule has 1 aliphatic carbocycles. The van der Waals surface area contributed by atoms with Crippen molar-refractivity contribution >= 4 is 17.5 Å². The van der Waals surface area contributed by atoms with Crippen LogP contribution in [0.5, 0.6) is 5.75 Å². The number of methoxy groups -OCH3 is 1. The Morgan fingerprint density at radius 3 is 2.41 bits per heavy atom. The predicted octanol–water partition coefficient (Wildman–Crippen LogP) is 3.37. The minimum absolute atomic E-state index is 0.0915. The maximum absolute atomic E-state index is 13.5. The number of benzene rings is 2. The van der Waals surface area contributed by atoms with Crippen molar-refractivity contribution in [3.8, 4) is 28.3 Å². The van der Waals surface area contributed by atoms with Crippen LogP contribution < -0.4 is 21.1 Å². The first-order chi connectivity index (χ1) is 20.0. The standard InChI is InChI=1S/C30H34N8O3/c1-41-27-18-32-15-14-25(27)21-6-2-19(3-7-21)16-26(34-29(39)23-8-4-20(17-31)5-9-23)30(40)33-24-12-10-22(11-13-24)28-35-37-38-36-28/h2-3,6-7,10-15,18,20,23,26H,4-5,8-9,16-17,31H2,1H3,(H,33,40)(H,34,39)(H,35,36,37,38)/t20?,23?,26-/m0/s1. The van der Waals surface area contributed by atoms with Crippen molar-refractivity contribution < 1.29 is 14.3 Å². The van der Waals surface area contributed by atoms with E-state index >= 15 is 0 Å². The lowest BCUT2D eigenvalue weighted by atomic mass is 9.81. The molecule has 0 radical (unpaired) electrons. The van der Waals surface area contributed by atoms with Gasteiger partial charge >= 0.3 is 0 Å². The summed E-state index contributed by atoms with van der Waals surface area (Å²) in [5.74, 6) is 1.10. The number of rotatable bonds is 10. The summed E-state index contributed by atoms with van der Waals surface area (Å²) in [6.07, 6.45) is 7.15. The molecule has 11 nitrogen and oxygen atoms in total. The van der Waals surface area contributed by atoms with E-state index < -0.39 is 6.04 Å². The molecule has 11 heteroatoms. The van der Waals surface area contributed by atoms with Crippen LogP contribution in [0.2, 0.25) is 0 Å². The van der Waals surface area contributed by atoms with E-state index in [2.05, 4.69) is 36.2 Å². The summed E-state index contributed by atoms with van der Waals surface area (Å²) in [4.78, 5) is 30.9. The number of nitrogens with one attached hydrogen (secondary N) is 3. The molecule has 0 aliphatic heterocycles. The molecule has 1 atom stereocenters. The fraction of sp³-hybridized carbons (Fsp3) is 0.333. The third-order valence-corrected chi connectivity index (χ3v) is 7.65. The summed E-state index contributed by atoms with van der Waals surface area (Å²) in [7, 11) is 1.61. The molecule has 41 heavy (non-hydrogen) atoms. The number of hydrogen-bond acceptors (Lipinski definition) is 8. The lowest BCUT2D eigenvalue weighted by Gasteiger charge is -2.28. The number of ether oxygens (including phenoxy) is 1. The molecule has 0 bridgehead atoms. The van der Waals surface area contributed by atoms with Crippen molar-refractivity contribution in [2.45, 2.75) is 38.1 Å². The SMILES string of the molecule is COc1cnccc1-c1ccc(C[C@H](NC(=O)C2CCC(CN)CC2)C(=O)Nc2ccc(-c3nn[nH]n3)cc2)cc1. The van der Waals surface area contributed by atoms with E-state index in [1.807, 2.05) is 30.3 Å². The largest absolute Gasteiger partial charge is 0.494 e. The molecule has 2 heterocycles. The first-order valence-electron chi connectivity index (χ1n) is 13.8. The third-order valence-electron chi connectivity index (χ3n) is 7.65. The number of nitrogens with two attached hydrogens (primary N) is 1. The van der Waals surface area contributed by atoms with E-state index in [1.54, 1.807) is 43.8 Å². The Balaban J connectivity index is 1.31. The van der Waals surface area contributed by atoms with Crippen LogP contribution in [-0.4, -0.2) is 57.1 Å². The van der Waals surface area contributed by atoms with Gasteiger partial charge in [0.05, 0.1) is 13.3 Å². The van der Waals surface area contributed by atoms with Crippen LogP contribution in [0.3, 0.4) is 0 Å². The van der Waals surface area contributed by atoms with Gasteiger partial charge in [-0.05, 0) is 84.8 Å². The molecule has 1 fully saturated rings. The van der Waals surface area contributed by atoms with E-state index in [9.17, 15) is 9.59 Å². The Kier molecular flexibility index (Phi) is 8.95. The second-order valence-electron chi connectivity index (χ2n) is 10.3. The monoisotopic (exact) mass is 554 g/mol. The maximum Gasteiger partial charge on any atom is 0.247 e. The number of tetrazole rings is 1. The summed E-state index contributed by atoms with van der Waals surface area (Å²) in [5.41, 5.74) is 10.0. The fourth-order valence-electron chi connectivity index (χ4n) is 5.21. The molecule has 212 valence electrons. The fourth-order valence-corrected chi connectivity index (χ4v) is 5.21. The molecule has 2 amide bonds. The van der Waals surface area contributed by atoms with Crippen LogP contribution in [0.15, 0.2) is 67.0 Å². The van der Waals surface area contributed by atoms with E-state index in [-0.39, 0.29) is 17.7 Å². The second-order valence-corrected chi connectivity index (χ2v) is 10.3. The van der Waals surface area contributed by atoms with Gasteiger partial charge in [-0.2, -0.15) is 5.21 Å². The number of hydrogen-bond donors (Lipinski definition) is 4. The van der Waals surface area contributed by atoms with Crippen LogP contribution in [0, 0.1) is 11.8 Å². The highest BCUT2D eigenvalue weighted by atomic mass is 16.5. The van der Waals surface area contributed by atoms with Gasteiger partial charge < -0.3 is 21.1 Å². The van der Waals surface area contributed by atoms with Gasteiger partial charge in [-0.25, -0.2) is 0 Å². The number of aromatic amines is 1. The summed E-state index contributed by atoms with van der Waals surface area (Å²) >= 11 is 0. The van der Waals surface area contributed by atoms with Crippen molar-refractivity contribution in [1.82, 2.24) is 30.9 Å². The van der Waals surface area contributed by atoms with Crippen molar-refractivity contribution in [3.05, 3.63) is 72.6 Å². The zero-order valence-electron chi connectivity index (χ0n) is 22.9. The maximum atomic E-state index is 13.5. The van der Waals surface area contributed by atoms with Gasteiger partial charge in [-0.1, -0.05) is 24.3 Å². The number of aromatic nitrogens is 5. The molecule has 0 spiro atoms. The Morgan fingerprint density at radius 2 is 1.76 bits per heavy atom. The first kappa shape index (κ1) is 27.9. The zero-order chi connectivity index (χ0) is 28.6. The molecule has 1 aliphatic rings. The highest BCUT2D eigenvalue weighted by Crippen LogP contribution is 2.30. The second kappa shape index (κ2) is 13.1. The Hall–Kier alpha value is -4.64. The van der Waals surface area contributed by atoms with Gasteiger partial charge in [0.25, 0.3) is 0 Å². The highest BCUT2D eigenvalue weighted by Gasteiger charge is 2.29. The molecule has 2 aromatic heterocycles. The summed E-state index contributed by atoms with van der Waals surface area (Å²) in [6, 6.07) is 16.2. The lowest BCUT2D eigenvalue weighted by molar-refractivity contribution is -0.130. The van der Waals surface area contributed by atoms with Crippen molar-refractivity contribution in [2.75, 3.05) is 19.0 Å². The number of H-pyrrole nitrogens is 1. The van der Waals surface area contributed by atoms with E-state index in [0.29, 0.717) is 36.1 Å². The molecular weight excluding hydrogens is 520 g/mol. The first-order valence-corrected chi connectivity index (χ1v) is 13.8. The number of anilines is 1. The van der Waals surface area contributed by atoms with Gasteiger partial charge in [-0.15, -0.1) is 10.2 Å². The number of nitrogens with zero attached hydrogens (tertiary/aromatic N) is 4. The molecule has 0 unspecified atom stereocenters. The molecule has 1 saturated carbocycles. The Labute approximate surface area is 238 Å². The number of carbonyl (C=O) groups excluding carboxylic acids is 2. The van der Waals surface area contributed by atoms with Crippen molar-refractivity contribution in [1.29, 1.82) is 0 Å². The molecule has 5 rings (SSSR count). The van der Waals surface area contributed by atoms with Crippen LogP contribution >= 0.6 is 0 Å². The van der Waals surface area contributed by atoms with Gasteiger partial charge in [0.2, 0.25) is 17.6 Å². The zero-order valence-corrected chi connectivity index (χ0v) is 22.9. The molecule has 2 aromatic carbocycles. The lowest BCUT2D eigenvalue weighted by Crippen LogP contribution is -2.48. The van der Waals surface area contributed by atoms with Gasteiger partial charge in [0.15, 0.2) is 0 Å².